The van der Waals surface area contributed by atoms with E-state index in [0.29, 0.717) is 26.7 Å². The standard InChI is InChI=1S/C35H42F3IN2O7/c1-34(2)24-9-6-21(25(34)16-24)17-41(33(46)20-4-7-23(8-5-20)35(36,37)38)27-14-22(32(45)40-10-11-42)15-28(30(27)44)48-31-26(39)12-19(18-43)13-29(31)47-3/h4-5,7-8,12-13,15,21,24-25,27-28,30,42-44H,6,9-11,14,16-18H2,1-3H3,(H,40,45)/t21-,24-,25-,27+,28-,30-/m0/s1. The minimum atomic E-state index is -4.57. The smallest absolute Gasteiger partial charge is 0.416 e. The third-order valence-electron chi connectivity index (χ3n) is 10.5. The Morgan fingerprint density at radius 2 is 1.83 bits per heavy atom. The number of hydrogen-bond donors (Lipinski definition) is 4. The fraction of sp³-hybridized carbons (Fsp3) is 0.543. The molecule has 3 fully saturated rings. The Labute approximate surface area is 291 Å². The molecule has 2 amide bonds. The number of methoxy groups -OCH3 is 1. The van der Waals surface area contributed by atoms with Gasteiger partial charge in [0.1, 0.15) is 12.2 Å². The molecule has 262 valence electrons. The maximum atomic E-state index is 14.3. The van der Waals surface area contributed by atoms with Crippen molar-refractivity contribution in [2.45, 2.75) is 70.6 Å². The summed E-state index contributed by atoms with van der Waals surface area (Å²) in [6.07, 6.45) is -2.74. The molecule has 4 aliphatic carbocycles. The van der Waals surface area contributed by atoms with Gasteiger partial charge in [-0.3, -0.25) is 9.59 Å². The molecule has 0 radical (unpaired) electrons. The summed E-state index contributed by atoms with van der Waals surface area (Å²) in [6.45, 7) is 4.14. The van der Waals surface area contributed by atoms with E-state index in [4.69, 9.17) is 9.47 Å². The maximum absolute atomic E-state index is 14.3. The zero-order valence-electron chi connectivity index (χ0n) is 27.1. The van der Waals surface area contributed by atoms with Gasteiger partial charge in [0.25, 0.3) is 5.91 Å². The predicted molar refractivity (Wildman–Crippen MR) is 179 cm³/mol. The van der Waals surface area contributed by atoms with Gasteiger partial charge >= 0.3 is 6.18 Å². The highest BCUT2D eigenvalue weighted by atomic mass is 127. The van der Waals surface area contributed by atoms with E-state index in [-0.39, 0.29) is 60.9 Å². The lowest BCUT2D eigenvalue weighted by atomic mass is 9.45. The summed E-state index contributed by atoms with van der Waals surface area (Å²) < 4.78 is 52.6. The van der Waals surface area contributed by atoms with Gasteiger partial charge < -0.3 is 35.0 Å². The Morgan fingerprint density at radius 3 is 2.42 bits per heavy atom. The Hall–Kier alpha value is -2.88. The first kappa shape index (κ1) is 36.4. The van der Waals surface area contributed by atoms with E-state index >= 15 is 0 Å². The Kier molecular flexibility index (Phi) is 11.0. The summed E-state index contributed by atoms with van der Waals surface area (Å²) in [5.41, 5.74) is 0.0278. The van der Waals surface area contributed by atoms with Gasteiger partial charge in [0.15, 0.2) is 11.5 Å². The second kappa shape index (κ2) is 14.5. The Morgan fingerprint density at radius 1 is 1.12 bits per heavy atom. The molecule has 2 aromatic carbocycles. The third kappa shape index (κ3) is 7.34. The number of halogens is 4. The van der Waals surface area contributed by atoms with Gasteiger partial charge in [-0.2, -0.15) is 13.2 Å². The average molecular weight is 787 g/mol. The first-order valence-corrected chi connectivity index (χ1v) is 17.2. The van der Waals surface area contributed by atoms with Crippen molar-refractivity contribution in [3.8, 4) is 11.5 Å². The van der Waals surface area contributed by atoms with E-state index in [1.54, 1.807) is 12.1 Å². The van der Waals surface area contributed by atoms with Crippen molar-refractivity contribution >= 4 is 34.4 Å². The van der Waals surface area contributed by atoms with E-state index in [9.17, 15) is 38.1 Å². The average Bonchev–Trinajstić information content (AvgIpc) is 3.06. The summed E-state index contributed by atoms with van der Waals surface area (Å²) >= 11 is 2.02. The van der Waals surface area contributed by atoms with Crippen molar-refractivity contribution in [3.05, 3.63) is 68.3 Å². The van der Waals surface area contributed by atoms with Gasteiger partial charge in [0, 0.05) is 30.6 Å². The molecule has 4 N–H and O–H groups in total. The molecule has 3 saturated carbocycles. The molecule has 0 heterocycles. The molecule has 0 aliphatic heterocycles. The number of rotatable bonds is 11. The van der Waals surface area contributed by atoms with E-state index in [2.05, 4.69) is 19.2 Å². The number of nitrogens with zero attached hydrogens (tertiary/aromatic N) is 1. The van der Waals surface area contributed by atoms with Crippen LogP contribution < -0.4 is 14.8 Å². The number of ether oxygens (including phenoxy) is 2. The largest absolute Gasteiger partial charge is 0.493 e. The summed E-state index contributed by atoms with van der Waals surface area (Å²) in [6, 6.07) is 6.34. The van der Waals surface area contributed by atoms with E-state index in [0.717, 1.165) is 43.5 Å². The SMILES string of the molecule is COc1cc(CO)cc(I)c1O[C@H]1C=C(C(=O)NCCO)C[C@@H](N(C[C@@H]2CC[C@H]3C[C@@H]2C3(C)C)C(=O)c2ccc(C(F)(F)F)cc2)[C@@H]1O. The fourth-order valence-electron chi connectivity index (χ4n) is 7.66. The minimum absolute atomic E-state index is 0.0164. The fourth-order valence-corrected chi connectivity index (χ4v) is 8.46. The highest BCUT2D eigenvalue weighted by Crippen LogP contribution is 2.61. The van der Waals surface area contributed by atoms with Gasteiger partial charge in [0.2, 0.25) is 5.91 Å². The van der Waals surface area contributed by atoms with Crippen LogP contribution in [0.2, 0.25) is 0 Å². The number of carbonyl (C=O) groups excluding carboxylic acids is 2. The molecule has 2 aromatic rings. The highest BCUT2D eigenvalue weighted by molar-refractivity contribution is 14.1. The molecule has 2 bridgehead atoms. The molecule has 6 atom stereocenters. The van der Waals surface area contributed by atoms with Crippen molar-refractivity contribution in [3.63, 3.8) is 0 Å². The zero-order valence-corrected chi connectivity index (χ0v) is 29.3. The number of aliphatic hydroxyl groups excluding tert-OH is 3. The van der Waals surface area contributed by atoms with Crippen LogP contribution in [0.3, 0.4) is 0 Å². The number of fused-ring (bicyclic) bond motifs is 2. The van der Waals surface area contributed by atoms with Crippen molar-refractivity contribution in [1.82, 2.24) is 10.2 Å². The summed E-state index contributed by atoms with van der Waals surface area (Å²) in [4.78, 5) is 29.2. The van der Waals surface area contributed by atoms with Crippen LogP contribution in [-0.2, 0) is 17.6 Å². The monoisotopic (exact) mass is 786 g/mol. The molecule has 48 heavy (non-hydrogen) atoms. The van der Waals surface area contributed by atoms with Gasteiger partial charge in [-0.1, -0.05) is 13.8 Å². The molecular weight excluding hydrogens is 744 g/mol. The molecule has 0 saturated heterocycles. The van der Waals surface area contributed by atoms with Gasteiger partial charge in [-0.15, -0.1) is 0 Å². The van der Waals surface area contributed by atoms with E-state index in [1.807, 2.05) is 22.6 Å². The number of aliphatic hydroxyl groups is 3. The lowest BCUT2D eigenvalue weighted by Crippen LogP contribution is -2.59. The summed E-state index contributed by atoms with van der Waals surface area (Å²) in [5.74, 6) is 0.500. The Balaban J connectivity index is 1.54. The van der Waals surface area contributed by atoms with E-state index < -0.39 is 41.8 Å². The molecule has 6 rings (SSSR count). The number of benzene rings is 2. The summed E-state index contributed by atoms with van der Waals surface area (Å²) in [5, 5.41) is 33.6. The first-order valence-electron chi connectivity index (χ1n) is 16.1. The lowest BCUT2D eigenvalue weighted by Gasteiger charge is -2.61. The number of carbonyl (C=O) groups is 2. The quantitative estimate of drug-likeness (QED) is 0.238. The van der Waals surface area contributed by atoms with Crippen molar-refractivity contribution in [2.75, 3.05) is 26.8 Å². The second-order valence-electron chi connectivity index (χ2n) is 13.5. The molecule has 0 unspecified atom stereocenters. The number of hydrogen-bond acceptors (Lipinski definition) is 7. The van der Waals surface area contributed by atoms with Crippen LogP contribution in [-0.4, -0.2) is 77.1 Å². The number of alkyl halides is 3. The van der Waals surface area contributed by atoms with Crippen LogP contribution in [0.5, 0.6) is 11.5 Å². The topological polar surface area (TPSA) is 129 Å². The molecule has 0 spiro atoms. The van der Waals surface area contributed by atoms with Gasteiger partial charge in [0.05, 0.1) is 35.5 Å². The van der Waals surface area contributed by atoms with E-state index in [1.165, 1.54) is 18.1 Å². The molecule has 4 aliphatic rings. The van der Waals surface area contributed by atoms with Crippen molar-refractivity contribution < 1.29 is 47.6 Å². The number of amides is 2. The van der Waals surface area contributed by atoms with Crippen LogP contribution in [0.15, 0.2) is 48.0 Å². The zero-order chi connectivity index (χ0) is 35.0. The van der Waals surface area contributed by atoms with Crippen LogP contribution in [0.25, 0.3) is 0 Å². The molecular formula is C35H42F3IN2O7. The predicted octanol–water partition coefficient (Wildman–Crippen LogP) is 4.94. The Bertz CT molecular complexity index is 1530. The van der Waals surface area contributed by atoms with Crippen LogP contribution >= 0.6 is 22.6 Å². The molecule has 9 nitrogen and oxygen atoms in total. The normalized spacial score (nSPS) is 26.2. The third-order valence-corrected chi connectivity index (χ3v) is 11.3. The number of nitrogens with one attached hydrogen (secondary N) is 1. The summed E-state index contributed by atoms with van der Waals surface area (Å²) in [7, 11) is 1.43. The minimum Gasteiger partial charge on any atom is -0.493 e. The lowest BCUT2D eigenvalue weighted by molar-refractivity contribution is -0.137. The van der Waals surface area contributed by atoms with Crippen LogP contribution in [0, 0.1) is 26.7 Å². The molecule has 0 aromatic heterocycles. The van der Waals surface area contributed by atoms with Crippen LogP contribution in [0.4, 0.5) is 13.2 Å². The maximum Gasteiger partial charge on any atom is 0.416 e. The van der Waals surface area contributed by atoms with Gasteiger partial charge in [-0.05, 0) is 113 Å². The highest BCUT2D eigenvalue weighted by Gasteiger charge is 2.55. The molecule has 13 heteroatoms. The first-order chi connectivity index (χ1) is 22.7. The second-order valence-corrected chi connectivity index (χ2v) is 14.7. The van der Waals surface area contributed by atoms with Crippen LogP contribution in [0.1, 0.15) is 61.0 Å². The van der Waals surface area contributed by atoms with Gasteiger partial charge in [-0.25, -0.2) is 0 Å². The van der Waals surface area contributed by atoms with Crippen molar-refractivity contribution in [1.29, 1.82) is 0 Å². The van der Waals surface area contributed by atoms with Crippen molar-refractivity contribution in [2.24, 2.45) is 23.2 Å².